The molecule has 0 unspecified atom stereocenters. The molecule has 0 fully saturated rings. The summed E-state index contributed by atoms with van der Waals surface area (Å²) in [6.07, 6.45) is 1.58. The van der Waals surface area contributed by atoms with E-state index in [1.54, 1.807) is 23.7 Å². The van der Waals surface area contributed by atoms with E-state index in [1.807, 2.05) is 6.92 Å². The number of anilines is 1. The van der Waals surface area contributed by atoms with Gasteiger partial charge in [0.2, 0.25) is 0 Å². The third kappa shape index (κ3) is 3.65. The Morgan fingerprint density at radius 1 is 1.53 bits per heavy atom. The molecule has 7 heteroatoms. The van der Waals surface area contributed by atoms with Crippen molar-refractivity contribution in [2.24, 2.45) is 0 Å². The van der Waals surface area contributed by atoms with Crippen LogP contribution in [0.3, 0.4) is 0 Å². The largest absolute Gasteiger partial charge is 0.370 e. The SMILES string of the molecule is CCNc1cc(C(=O)NCc2csc(=O)[nH]2)ccn1. The lowest BCUT2D eigenvalue weighted by Gasteiger charge is -2.06. The fourth-order valence-electron chi connectivity index (χ4n) is 1.53. The van der Waals surface area contributed by atoms with Crippen LogP contribution in [-0.2, 0) is 6.54 Å². The summed E-state index contributed by atoms with van der Waals surface area (Å²) in [5.41, 5.74) is 1.23. The number of carbonyl (C=O) groups excluding carboxylic acids is 1. The molecule has 0 aliphatic rings. The predicted octanol–water partition coefficient (Wildman–Crippen LogP) is 1.19. The van der Waals surface area contributed by atoms with Gasteiger partial charge in [0.1, 0.15) is 5.82 Å². The Labute approximate surface area is 113 Å². The summed E-state index contributed by atoms with van der Waals surface area (Å²) in [6.45, 7) is 3.01. The lowest BCUT2D eigenvalue weighted by Crippen LogP contribution is -2.23. The summed E-state index contributed by atoms with van der Waals surface area (Å²) in [7, 11) is 0. The molecule has 0 spiro atoms. The zero-order valence-electron chi connectivity index (χ0n) is 10.4. The van der Waals surface area contributed by atoms with Crippen LogP contribution in [0.25, 0.3) is 0 Å². The van der Waals surface area contributed by atoms with Crippen LogP contribution in [0.1, 0.15) is 23.0 Å². The summed E-state index contributed by atoms with van der Waals surface area (Å²) in [4.78, 5) is 29.5. The summed E-state index contributed by atoms with van der Waals surface area (Å²) in [5.74, 6) is 0.465. The van der Waals surface area contributed by atoms with Crippen molar-refractivity contribution in [1.82, 2.24) is 15.3 Å². The predicted molar refractivity (Wildman–Crippen MR) is 74.5 cm³/mol. The first kappa shape index (κ1) is 13.3. The van der Waals surface area contributed by atoms with Crippen LogP contribution >= 0.6 is 11.3 Å². The van der Waals surface area contributed by atoms with E-state index in [-0.39, 0.29) is 10.8 Å². The fourth-order valence-corrected chi connectivity index (χ4v) is 2.11. The van der Waals surface area contributed by atoms with Crippen LogP contribution in [0.5, 0.6) is 0 Å². The molecule has 1 amide bonds. The molecule has 6 nitrogen and oxygen atoms in total. The van der Waals surface area contributed by atoms with Crippen molar-refractivity contribution in [3.8, 4) is 0 Å². The normalized spacial score (nSPS) is 10.2. The van der Waals surface area contributed by atoms with E-state index >= 15 is 0 Å². The van der Waals surface area contributed by atoms with E-state index in [2.05, 4.69) is 20.6 Å². The Hall–Kier alpha value is -2.15. The maximum Gasteiger partial charge on any atom is 0.304 e. The topological polar surface area (TPSA) is 86.9 Å². The van der Waals surface area contributed by atoms with Crippen molar-refractivity contribution in [2.45, 2.75) is 13.5 Å². The van der Waals surface area contributed by atoms with Gasteiger partial charge in [-0.05, 0) is 19.1 Å². The Bertz CT molecular complexity index is 620. The third-order valence-corrected chi connectivity index (χ3v) is 3.11. The van der Waals surface area contributed by atoms with Gasteiger partial charge in [-0.1, -0.05) is 11.3 Å². The second kappa shape index (κ2) is 6.14. The van der Waals surface area contributed by atoms with Crippen molar-refractivity contribution in [3.05, 3.63) is 44.6 Å². The second-order valence-electron chi connectivity index (χ2n) is 3.82. The summed E-state index contributed by atoms with van der Waals surface area (Å²) in [5, 5.41) is 7.48. The number of hydrogen-bond acceptors (Lipinski definition) is 5. The molecule has 0 atom stereocenters. The molecule has 100 valence electrons. The van der Waals surface area contributed by atoms with Gasteiger partial charge in [-0.3, -0.25) is 9.59 Å². The molecule has 0 aliphatic carbocycles. The van der Waals surface area contributed by atoms with Crippen molar-refractivity contribution in [2.75, 3.05) is 11.9 Å². The molecular weight excluding hydrogens is 264 g/mol. The molecule has 0 aromatic carbocycles. The van der Waals surface area contributed by atoms with Crippen LogP contribution in [-0.4, -0.2) is 22.4 Å². The summed E-state index contributed by atoms with van der Waals surface area (Å²) < 4.78 is 0. The highest BCUT2D eigenvalue weighted by atomic mass is 32.1. The molecular formula is C12H14N4O2S. The van der Waals surface area contributed by atoms with Gasteiger partial charge in [-0.2, -0.15) is 0 Å². The number of pyridine rings is 1. The van der Waals surface area contributed by atoms with E-state index in [4.69, 9.17) is 0 Å². The number of hydrogen-bond donors (Lipinski definition) is 3. The highest BCUT2D eigenvalue weighted by Gasteiger charge is 2.07. The molecule has 2 aromatic rings. The van der Waals surface area contributed by atoms with Gasteiger partial charge in [-0.25, -0.2) is 4.98 Å². The molecule has 2 heterocycles. The van der Waals surface area contributed by atoms with Crippen LogP contribution in [0, 0.1) is 0 Å². The van der Waals surface area contributed by atoms with Crippen molar-refractivity contribution in [1.29, 1.82) is 0 Å². The van der Waals surface area contributed by atoms with Gasteiger partial charge in [0.25, 0.3) is 5.91 Å². The van der Waals surface area contributed by atoms with Crippen molar-refractivity contribution in [3.63, 3.8) is 0 Å². The van der Waals surface area contributed by atoms with Crippen LogP contribution in [0.15, 0.2) is 28.5 Å². The number of amides is 1. The van der Waals surface area contributed by atoms with Crippen LogP contribution in [0.2, 0.25) is 0 Å². The van der Waals surface area contributed by atoms with Gasteiger partial charge in [0.05, 0.1) is 6.54 Å². The highest BCUT2D eigenvalue weighted by molar-refractivity contribution is 7.07. The first-order chi connectivity index (χ1) is 9.19. The monoisotopic (exact) mass is 278 g/mol. The Balaban J connectivity index is 1.99. The van der Waals surface area contributed by atoms with Gasteiger partial charge in [-0.15, -0.1) is 0 Å². The first-order valence-corrected chi connectivity index (χ1v) is 6.72. The molecule has 3 N–H and O–H groups in total. The van der Waals surface area contributed by atoms with Crippen molar-refractivity contribution < 1.29 is 4.79 Å². The quantitative estimate of drug-likeness (QED) is 0.767. The molecule has 0 bridgehead atoms. The molecule has 0 aliphatic heterocycles. The number of H-pyrrole nitrogens is 1. The van der Waals surface area contributed by atoms with Crippen molar-refractivity contribution >= 4 is 23.1 Å². The maximum atomic E-state index is 11.9. The molecule has 0 saturated heterocycles. The summed E-state index contributed by atoms with van der Waals surface area (Å²) in [6, 6.07) is 3.34. The average molecular weight is 278 g/mol. The number of thiazole rings is 1. The van der Waals surface area contributed by atoms with Gasteiger partial charge in [0.15, 0.2) is 0 Å². The zero-order valence-corrected chi connectivity index (χ0v) is 11.2. The van der Waals surface area contributed by atoms with E-state index in [9.17, 15) is 9.59 Å². The first-order valence-electron chi connectivity index (χ1n) is 5.84. The van der Waals surface area contributed by atoms with E-state index in [0.29, 0.717) is 23.6 Å². The smallest absolute Gasteiger partial charge is 0.304 e. The minimum Gasteiger partial charge on any atom is -0.370 e. The Kier molecular flexibility index (Phi) is 4.30. The number of nitrogens with zero attached hydrogens (tertiary/aromatic N) is 1. The fraction of sp³-hybridized carbons (Fsp3) is 0.250. The van der Waals surface area contributed by atoms with Gasteiger partial charge < -0.3 is 15.6 Å². The average Bonchev–Trinajstić information content (AvgIpc) is 2.82. The van der Waals surface area contributed by atoms with E-state index in [0.717, 1.165) is 17.9 Å². The van der Waals surface area contributed by atoms with Crippen LogP contribution in [0.4, 0.5) is 5.82 Å². The molecule has 19 heavy (non-hydrogen) atoms. The van der Waals surface area contributed by atoms with Crippen LogP contribution < -0.4 is 15.5 Å². The number of nitrogens with one attached hydrogen (secondary N) is 3. The number of aromatic nitrogens is 2. The number of aromatic amines is 1. The lowest BCUT2D eigenvalue weighted by atomic mass is 10.2. The maximum absolute atomic E-state index is 11.9. The number of rotatable bonds is 5. The standard InChI is InChI=1S/C12H14N4O2S/c1-2-13-10-5-8(3-4-14-10)11(17)15-6-9-7-19-12(18)16-9/h3-5,7H,2,6H2,1H3,(H,13,14)(H,15,17)(H,16,18). The van der Waals surface area contributed by atoms with Gasteiger partial charge >= 0.3 is 4.87 Å². The third-order valence-electron chi connectivity index (χ3n) is 2.39. The molecule has 2 aromatic heterocycles. The minimum absolute atomic E-state index is 0.123. The molecule has 2 rings (SSSR count). The molecule has 0 radical (unpaired) electrons. The highest BCUT2D eigenvalue weighted by Crippen LogP contribution is 2.06. The molecule has 0 saturated carbocycles. The van der Waals surface area contributed by atoms with E-state index < -0.39 is 0 Å². The lowest BCUT2D eigenvalue weighted by molar-refractivity contribution is 0.0950. The van der Waals surface area contributed by atoms with Gasteiger partial charge in [0, 0.05) is 29.4 Å². The number of carbonyl (C=O) groups is 1. The second-order valence-corrected chi connectivity index (χ2v) is 4.66. The Morgan fingerprint density at radius 3 is 3.05 bits per heavy atom. The van der Waals surface area contributed by atoms with E-state index in [1.165, 1.54) is 0 Å². The summed E-state index contributed by atoms with van der Waals surface area (Å²) >= 11 is 1.08. The Morgan fingerprint density at radius 2 is 2.37 bits per heavy atom. The zero-order chi connectivity index (χ0) is 13.7. The minimum atomic E-state index is -0.200.